The van der Waals surface area contributed by atoms with Gasteiger partial charge in [-0.15, -0.1) is 0 Å². The van der Waals surface area contributed by atoms with Crippen LogP contribution in [0, 0.1) is 0 Å². The summed E-state index contributed by atoms with van der Waals surface area (Å²) in [6, 6.07) is 9.25. The third-order valence-electron chi connectivity index (χ3n) is 2.64. The molecule has 0 saturated carbocycles. The van der Waals surface area contributed by atoms with Crippen molar-refractivity contribution in [1.29, 1.82) is 0 Å². The van der Waals surface area contributed by atoms with Gasteiger partial charge < -0.3 is 0 Å². The molecule has 2 rings (SSSR count). The maximum atomic E-state index is 5.63. The van der Waals surface area contributed by atoms with E-state index >= 15 is 0 Å². The van der Waals surface area contributed by atoms with Crippen LogP contribution in [0.25, 0.3) is 0 Å². The molecule has 1 aromatic carbocycles. The molecule has 2 atom stereocenters. The highest BCUT2D eigenvalue weighted by Gasteiger charge is 2.31. The van der Waals surface area contributed by atoms with Crippen molar-refractivity contribution < 1.29 is 0 Å². The van der Waals surface area contributed by atoms with Crippen molar-refractivity contribution in [3.8, 4) is 0 Å². The highest BCUT2D eigenvalue weighted by molar-refractivity contribution is 5.29. The van der Waals surface area contributed by atoms with Crippen molar-refractivity contribution in [3.05, 3.63) is 35.4 Å². The lowest BCUT2D eigenvalue weighted by Crippen LogP contribution is -2.05. The third-order valence-corrected chi connectivity index (χ3v) is 2.64. The van der Waals surface area contributed by atoms with Gasteiger partial charge in [-0.1, -0.05) is 38.1 Å². The van der Waals surface area contributed by atoms with Crippen molar-refractivity contribution in [2.75, 3.05) is 6.54 Å². The lowest BCUT2D eigenvalue weighted by atomic mass is 10.0. The Balaban J connectivity index is 2.14. The molecule has 2 unspecified atom stereocenters. The molecule has 1 heterocycles. The minimum Gasteiger partial charge on any atom is -0.268 e. The zero-order valence-electron chi connectivity index (χ0n) is 8.20. The molecule has 2 nitrogen and oxygen atoms in total. The Morgan fingerprint density at radius 3 is 2.23 bits per heavy atom. The number of nitrogens with two attached hydrogens (primary N) is 1. The van der Waals surface area contributed by atoms with Crippen LogP contribution in [0.2, 0.25) is 0 Å². The molecule has 2 heteroatoms. The molecular weight excluding hydrogens is 160 g/mol. The number of benzene rings is 1. The van der Waals surface area contributed by atoms with Crippen LogP contribution in [0.1, 0.15) is 36.9 Å². The van der Waals surface area contributed by atoms with Gasteiger partial charge in [-0.05, 0) is 17.0 Å². The third kappa shape index (κ3) is 1.74. The van der Waals surface area contributed by atoms with Crippen LogP contribution in [-0.2, 0) is 0 Å². The smallest absolute Gasteiger partial charge is 0.0632 e. The van der Waals surface area contributed by atoms with Gasteiger partial charge in [-0.25, -0.2) is 5.01 Å². The Hall–Kier alpha value is -0.860. The largest absolute Gasteiger partial charge is 0.268 e. The standard InChI is InChI=1S/C11H16N2/c1-8(2)9-3-5-10(6-4-9)11-7-13(11)12/h3-6,8,11H,7,12H2,1-2H3. The molecule has 1 aliphatic heterocycles. The second-order valence-corrected chi connectivity index (χ2v) is 4.03. The first-order valence-electron chi connectivity index (χ1n) is 4.79. The van der Waals surface area contributed by atoms with E-state index in [4.69, 9.17) is 5.84 Å². The van der Waals surface area contributed by atoms with Gasteiger partial charge >= 0.3 is 0 Å². The van der Waals surface area contributed by atoms with Crippen LogP contribution in [0.4, 0.5) is 0 Å². The van der Waals surface area contributed by atoms with E-state index in [-0.39, 0.29) is 0 Å². The highest BCUT2D eigenvalue weighted by Crippen LogP contribution is 2.31. The lowest BCUT2D eigenvalue weighted by molar-refractivity contribution is 0.548. The molecule has 1 saturated heterocycles. The summed E-state index contributed by atoms with van der Waals surface area (Å²) in [6.45, 7) is 5.42. The molecule has 0 amide bonds. The maximum Gasteiger partial charge on any atom is 0.0632 e. The molecule has 70 valence electrons. The van der Waals surface area contributed by atoms with Crippen molar-refractivity contribution in [2.24, 2.45) is 5.84 Å². The predicted octanol–water partition coefficient (Wildman–Crippen LogP) is 2.04. The fourth-order valence-corrected chi connectivity index (χ4v) is 1.55. The fraction of sp³-hybridized carbons (Fsp3) is 0.455. The fourth-order valence-electron chi connectivity index (χ4n) is 1.55. The quantitative estimate of drug-likeness (QED) is 0.552. The minimum absolute atomic E-state index is 0.473. The van der Waals surface area contributed by atoms with E-state index in [1.807, 2.05) is 5.01 Å². The summed E-state index contributed by atoms with van der Waals surface area (Å²) in [5, 5.41) is 1.85. The molecule has 2 N–H and O–H groups in total. The monoisotopic (exact) mass is 176 g/mol. The van der Waals surface area contributed by atoms with Crippen molar-refractivity contribution in [2.45, 2.75) is 25.8 Å². The Morgan fingerprint density at radius 2 is 1.85 bits per heavy atom. The van der Waals surface area contributed by atoms with E-state index in [1.54, 1.807) is 0 Å². The molecule has 1 aliphatic rings. The van der Waals surface area contributed by atoms with Crippen LogP contribution in [-0.4, -0.2) is 11.6 Å². The Morgan fingerprint density at radius 1 is 1.31 bits per heavy atom. The molecule has 13 heavy (non-hydrogen) atoms. The predicted molar refractivity (Wildman–Crippen MR) is 54.2 cm³/mol. The zero-order valence-corrected chi connectivity index (χ0v) is 8.20. The number of rotatable bonds is 2. The van der Waals surface area contributed by atoms with Gasteiger partial charge in [-0.3, -0.25) is 5.84 Å². The van der Waals surface area contributed by atoms with Gasteiger partial charge in [0.2, 0.25) is 0 Å². The molecule has 0 spiro atoms. The number of hydrogen-bond donors (Lipinski definition) is 1. The number of nitrogens with zero attached hydrogens (tertiary/aromatic N) is 1. The second kappa shape index (κ2) is 3.13. The highest BCUT2D eigenvalue weighted by atomic mass is 15.5. The van der Waals surface area contributed by atoms with Crippen molar-refractivity contribution in [1.82, 2.24) is 5.01 Å². The van der Waals surface area contributed by atoms with Gasteiger partial charge in [0.15, 0.2) is 0 Å². The summed E-state index contributed by atoms with van der Waals surface area (Å²) in [7, 11) is 0. The van der Waals surface area contributed by atoms with Crippen LogP contribution < -0.4 is 5.84 Å². The minimum atomic E-state index is 0.473. The summed E-state index contributed by atoms with van der Waals surface area (Å²) >= 11 is 0. The molecular formula is C11H16N2. The first-order valence-corrected chi connectivity index (χ1v) is 4.79. The summed E-state index contributed by atoms with van der Waals surface area (Å²) in [6.07, 6.45) is 0. The second-order valence-electron chi connectivity index (χ2n) is 4.03. The van der Waals surface area contributed by atoms with E-state index in [0.717, 1.165) is 6.54 Å². The Labute approximate surface area is 79.3 Å². The average molecular weight is 176 g/mol. The van der Waals surface area contributed by atoms with Crippen molar-refractivity contribution >= 4 is 0 Å². The molecule has 1 fully saturated rings. The van der Waals surface area contributed by atoms with E-state index < -0.39 is 0 Å². The average Bonchev–Trinajstić information content (AvgIpc) is 2.83. The number of hydrazine groups is 1. The first-order chi connectivity index (χ1) is 6.18. The van der Waals surface area contributed by atoms with Crippen LogP contribution >= 0.6 is 0 Å². The van der Waals surface area contributed by atoms with Crippen LogP contribution in [0.3, 0.4) is 0 Å². The van der Waals surface area contributed by atoms with Gasteiger partial charge in [-0.2, -0.15) is 0 Å². The van der Waals surface area contributed by atoms with Crippen LogP contribution in [0.5, 0.6) is 0 Å². The Bertz CT molecular complexity index is 289. The topological polar surface area (TPSA) is 29.0 Å². The van der Waals surface area contributed by atoms with Gasteiger partial charge in [0.1, 0.15) is 0 Å². The summed E-state index contributed by atoms with van der Waals surface area (Å²) in [4.78, 5) is 0. The van der Waals surface area contributed by atoms with Gasteiger partial charge in [0.05, 0.1) is 6.04 Å². The van der Waals surface area contributed by atoms with Crippen LogP contribution in [0.15, 0.2) is 24.3 Å². The van der Waals surface area contributed by atoms with Gasteiger partial charge in [0.25, 0.3) is 0 Å². The van der Waals surface area contributed by atoms with E-state index in [0.29, 0.717) is 12.0 Å². The van der Waals surface area contributed by atoms with E-state index in [1.165, 1.54) is 11.1 Å². The summed E-state index contributed by atoms with van der Waals surface area (Å²) in [5.74, 6) is 6.24. The van der Waals surface area contributed by atoms with E-state index in [9.17, 15) is 0 Å². The molecule has 0 radical (unpaired) electrons. The van der Waals surface area contributed by atoms with Gasteiger partial charge in [0, 0.05) is 6.54 Å². The molecule has 1 aromatic rings. The van der Waals surface area contributed by atoms with Crippen molar-refractivity contribution in [3.63, 3.8) is 0 Å². The molecule has 0 aromatic heterocycles. The SMILES string of the molecule is CC(C)c1ccc(C2CN2N)cc1. The zero-order chi connectivity index (χ0) is 9.42. The molecule has 0 aliphatic carbocycles. The van der Waals surface area contributed by atoms with E-state index in [2.05, 4.69) is 38.1 Å². The number of hydrogen-bond acceptors (Lipinski definition) is 2. The Kier molecular flexibility index (Phi) is 2.10. The summed E-state index contributed by atoms with van der Waals surface area (Å²) < 4.78 is 0. The maximum absolute atomic E-state index is 5.63. The lowest BCUT2D eigenvalue weighted by Gasteiger charge is -2.05. The molecule has 0 bridgehead atoms. The first kappa shape index (κ1) is 8.73. The normalized spacial score (nSPS) is 26.5. The summed E-state index contributed by atoms with van der Waals surface area (Å²) in [5.41, 5.74) is 2.74.